The van der Waals surface area contributed by atoms with Crippen LogP contribution >= 0.6 is 11.9 Å². The summed E-state index contributed by atoms with van der Waals surface area (Å²) < 4.78 is 40.1. The first-order valence-electron chi connectivity index (χ1n) is 10.7. The molecule has 180 valence electrons. The maximum absolute atomic E-state index is 13.0. The van der Waals surface area contributed by atoms with Crippen LogP contribution in [0.15, 0.2) is 54.1 Å². The summed E-state index contributed by atoms with van der Waals surface area (Å²) in [7, 11) is 0. The second-order valence-corrected chi connectivity index (χ2v) is 8.97. The highest BCUT2D eigenvalue weighted by Gasteiger charge is 2.37. The van der Waals surface area contributed by atoms with Crippen molar-refractivity contribution in [1.82, 2.24) is 29.6 Å². The van der Waals surface area contributed by atoms with Gasteiger partial charge in [0.15, 0.2) is 0 Å². The van der Waals surface area contributed by atoms with Gasteiger partial charge in [-0.1, -0.05) is 0 Å². The van der Waals surface area contributed by atoms with Crippen molar-refractivity contribution >= 4 is 17.9 Å². The minimum Gasteiger partial charge on any atom is -0.351 e. The summed E-state index contributed by atoms with van der Waals surface area (Å²) in [4.78, 5) is 28.2. The number of hydrogen-bond acceptors (Lipinski definition) is 8. The van der Waals surface area contributed by atoms with E-state index in [-0.39, 0.29) is 24.5 Å². The van der Waals surface area contributed by atoms with Crippen molar-refractivity contribution in [2.24, 2.45) is 0 Å². The highest BCUT2D eigenvalue weighted by Crippen LogP contribution is 2.34. The number of hydrogen-bond donors (Lipinski definition) is 1. The van der Waals surface area contributed by atoms with Crippen molar-refractivity contribution in [2.75, 3.05) is 0 Å². The molecule has 0 radical (unpaired) electrons. The van der Waals surface area contributed by atoms with E-state index in [2.05, 4.69) is 25.3 Å². The van der Waals surface area contributed by atoms with Gasteiger partial charge in [0.05, 0.1) is 17.3 Å². The molecule has 0 aromatic carbocycles. The van der Waals surface area contributed by atoms with Crippen LogP contribution in [0.2, 0.25) is 0 Å². The Morgan fingerprint density at radius 3 is 2.60 bits per heavy atom. The van der Waals surface area contributed by atoms with Crippen LogP contribution in [-0.2, 0) is 17.5 Å². The summed E-state index contributed by atoms with van der Waals surface area (Å²) in [6.45, 7) is 2.28. The lowest BCUT2D eigenvalue weighted by Crippen LogP contribution is -2.41. The third kappa shape index (κ3) is 5.93. The van der Waals surface area contributed by atoms with E-state index >= 15 is 0 Å². The van der Waals surface area contributed by atoms with Crippen molar-refractivity contribution in [1.29, 1.82) is 5.26 Å². The monoisotopic (exact) mass is 499 g/mol. The van der Waals surface area contributed by atoms with Gasteiger partial charge in [0.2, 0.25) is 11.7 Å². The van der Waals surface area contributed by atoms with Crippen LogP contribution in [0.25, 0.3) is 11.3 Å². The first kappa shape index (κ1) is 24.6. The second kappa shape index (κ2) is 10.4. The maximum atomic E-state index is 13.0. The first-order chi connectivity index (χ1) is 16.7. The van der Waals surface area contributed by atoms with Crippen molar-refractivity contribution in [3.8, 4) is 17.3 Å². The smallest absolute Gasteiger partial charge is 0.351 e. The highest BCUT2D eigenvalue weighted by molar-refractivity contribution is 7.97. The number of nitriles is 1. The summed E-state index contributed by atoms with van der Waals surface area (Å²) in [5, 5.41) is 12.6. The Hall–Kier alpha value is -3.56. The Labute approximate surface area is 203 Å². The number of halogens is 3. The number of pyridine rings is 2. The van der Waals surface area contributed by atoms with Crippen molar-refractivity contribution in [3.05, 3.63) is 66.0 Å². The lowest BCUT2D eigenvalue weighted by molar-refractivity contribution is -0.145. The quantitative estimate of drug-likeness (QED) is 0.507. The van der Waals surface area contributed by atoms with Crippen LogP contribution in [-0.4, -0.2) is 42.2 Å². The normalized spacial score (nSPS) is 18.3. The molecule has 1 saturated heterocycles. The Morgan fingerprint density at radius 1 is 1.17 bits per heavy atom. The molecule has 3 aromatic rings. The van der Waals surface area contributed by atoms with Crippen LogP contribution in [0.4, 0.5) is 13.2 Å². The van der Waals surface area contributed by atoms with Gasteiger partial charge < -0.3 is 5.32 Å². The summed E-state index contributed by atoms with van der Waals surface area (Å²) in [5.74, 6) is -1.35. The van der Waals surface area contributed by atoms with Crippen LogP contribution in [0, 0.1) is 11.3 Å². The number of alkyl halides is 3. The Bertz CT molecular complexity index is 1230. The zero-order valence-electron chi connectivity index (χ0n) is 18.5. The molecular weight excluding hydrogens is 479 g/mol. The van der Waals surface area contributed by atoms with Crippen LogP contribution in [0.3, 0.4) is 0 Å². The lowest BCUT2D eigenvalue weighted by Gasteiger charge is -2.25. The molecule has 2 atom stereocenters. The molecular formula is C23H20F3N7OS. The van der Waals surface area contributed by atoms with E-state index in [0.29, 0.717) is 28.3 Å². The minimum atomic E-state index is -4.61. The average molecular weight is 500 g/mol. The van der Waals surface area contributed by atoms with E-state index < -0.39 is 12.0 Å². The van der Waals surface area contributed by atoms with Gasteiger partial charge >= 0.3 is 6.18 Å². The SMILES string of the molecule is C[C@H]1CC[C@@H](C(=O)NCc2ccnc(-c3cnc(C(F)(F)F)nc3)c2)N1Sc1ccc(C#N)cn1. The molecule has 12 heteroatoms. The van der Waals surface area contributed by atoms with Gasteiger partial charge in [0.1, 0.15) is 11.1 Å². The second-order valence-electron chi connectivity index (χ2n) is 7.95. The number of aromatic nitrogens is 4. The van der Waals surface area contributed by atoms with E-state index in [4.69, 9.17) is 5.26 Å². The van der Waals surface area contributed by atoms with E-state index in [0.717, 1.165) is 24.4 Å². The number of nitrogens with one attached hydrogen (secondary N) is 1. The standard InChI is InChI=1S/C23H20F3N7OS/c1-14-2-4-19(33(14)35-20-5-3-16(9-27)11-29-20)21(34)30-10-15-6-7-28-18(8-15)17-12-31-22(32-13-17)23(24,25)26/h3,5-8,11-14,19H,2,4,10H2,1H3,(H,30,34)/t14-,19-/m0/s1. The minimum absolute atomic E-state index is 0.133. The Morgan fingerprint density at radius 2 is 1.94 bits per heavy atom. The molecule has 1 fully saturated rings. The van der Waals surface area contributed by atoms with Gasteiger partial charge in [0.25, 0.3) is 0 Å². The molecule has 0 saturated carbocycles. The third-order valence-corrected chi connectivity index (χ3v) is 6.71. The Kier molecular flexibility index (Phi) is 7.28. The molecule has 4 heterocycles. The van der Waals surface area contributed by atoms with Crippen molar-refractivity contribution in [3.63, 3.8) is 0 Å². The van der Waals surface area contributed by atoms with Gasteiger partial charge in [0, 0.05) is 42.9 Å². The topological polar surface area (TPSA) is 108 Å². The van der Waals surface area contributed by atoms with E-state index in [1.165, 1.54) is 24.3 Å². The van der Waals surface area contributed by atoms with Gasteiger partial charge in [-0.3, -0.25) is 9.78 Å². The van der Waals surface area contributed by atoms with E-state index in [1.54, 1.807) is 24.3 Å². The predicted octanol–water partition coefficient (Wildman–Crippen LogP) is 4.00. The van der Waals surface area contributed by atoms with Crippen molar-refractivity contribution < 1.29 is 18.0 Å². The van der Waals surface area contributed by atoms with Gasteiger partial charge in [-0.2, -0.15) is 18.4 Å². The van der Waals surface area contributed by atoms with Gasteiger partial charge in [-0.15, -0.1) is 0 Å². The predicted molar refractivity (Wildman–Crippen MR) is 121 cm³/mol. The van der Waals surface area contributed by atoms with Gasteiger partial charge in [-0.05, 0) is 61.5 Å². The number of rotatable bonds is 6. The molecule has 0 unspecified atom stereocenters. The summed E-state index contributed by atoms with van der Waals surface area (Å²) in [6, 6.07) is 8.69. The van der Waals surface area contributed by atoms with Crippen molar-refractivity contribution in [2.45, 2.75) is 49.6 Å². The number of amides is 1. The van der Waals surface area contributed by atoms with Crippen LogP contribution in [0.5, 0.6) is 0 Å². The molecule has 1 aliphatic heterocycles. The molecule has 8 nitrogen and oxygen atoms in total. The largest absolute Gasteiger partial charge is 0.451 e. The van der Waals surface area contributed by atoms with E-state index in [1.807, 2.05) is 17.3 Å². The molecule has 3 aromatic heterocycles. The summed E-state index contributed by atoms with van der Waals surface area (Å²) in [6.07, 6.45) is 2.11. The maximum Gasteiger partial charge on any atom is 0.451 e. The molecule has 1 amide bonds. The number of carbonyl (C=O) groups excluding carboxylic acids is 1. The molecule has 35 heavy (non-hydrogen) atoms. The number of nitrogens with zero attached hydrogens (tertiary/aromatic N) is 6. The number of carbonyl (C=O) groups is 1. The van der Waals surface area contributed by atoms with Crippen LogP contribution in [0.1, 0.15) is 36.7 Å². The molecule has 4 rings (SSSR count). The van der Waals surface area contributed by atoms with E-state index in [9.17, 15) is 18.0 Å². The van der Waals surface area contributed by atoms with Crippen LogP contribution < -0.4 is 5.32 Å². The first-order valence-corrected chi connectivity index (χ1v) is 11.5. The molecule has 0 aliphatic carbocycles. The lowest BCUT2D eigenvalue weighted by atomic mass is 10.1. The molecule has 0 spiro atoms. The molecule has 1 N–H and O–H groups in total. The zero-order chi connectivity index (χ0) is 25.0. The molecule has 0 bridgehead atoms. The van der Waals surface area contributed by atoms with Gasteiger partial charge in [-0.25, -0.2) is 19.3 Å². The zero-order valence-corrected chi connectivity index (χ0v) is 19.3. The highest BCUT2D eigenvalue weighted by atomic mass is 32.2. The summed E-state index contributed by atoms with van der Waals surface area (Å²) in [5.41, 5.74) is 1.96. The Balaban J connectivity index is 1.40. The fourth-order valence-corrected chi connectivity index (χ4v) is 4.68. The summed E-state index contributed by atoms with van der Waals surface area (Å²) >= 11 is 1.39. The fraction of sp³-hybridized carbons (Fsp3) is 0.304. The fourth-order valence-electron chi connectivity index (χ4n) is 3.63. The third-order valence-electron chi connectivity index (χ3n) is 5.46. The average Bonchev–Trinajstić information content (AvgIpc) is 3.22. The molecule has 1 aliphatic rings.